The Labute approximate surface area is 121 Å². The molecule has 0 aliphatic rings. The Morgan fingerprint density at radius 1 is 1.10 bits per heavy atom. The molecule has 0 saturated carbocycles. The maximum atomic E-state index is 10.5. The molecule has 1 heterocycles. The van der Waals surface area contributed by atoms with Gasteiger partial charge in [0.1, 0.15) is 6.61 Å². The van der Waals surface area contributed by atoms with Crippen LogP contribution in [0.3, 0.4) is 0 Å². The number of aromatic nitrogens is 1. The fraction of sp³-hybridized carbons (Fsp3) is 0.125. The van der Waals surface area contributed by atoms with Crippen molar-refractivity contribution in [2.45, 2.75) is 5.92 Å². The van der Waals surface area contributed by atoms with Crippen molar-refractivity contribution in [3.8, 4) is 0 Å². The van der Waals surface area contributed by atoms with Crippen LogP contribution in [0.1, 0.15) is 17.0 Å². The van der Waals surface area contributed by atoms with Gasteiger partial charge in [-0.1, -0.05) is 48.5 Å². The molecular formula is C16H14N2O3. The first-order chi connectivity index (χ1) is 10.3. The van der Waals surface area contributed by atoms with Gasteiger partial charge < -0.3 is 9.82 Å². The Morgan fingerprint density at radius 3 is 2.57 bits per heavy atom. The number of benzene rings is 2. The van der Waals surface area contributed by atoms with Crippen LogP contribution in [0.4, 0.5) is 0 Å². The molecule has 0 amide bonds. The standard InChI is InChI=1S/C16H14N2O3/c19-18(20)21-11-15(12-6-2-1-3-7-12)14-10-17-16-9-5-4-8-13(14)16/h1-10,15,17H,11H2. The molecule has 5 nitrogen and oxygen atoms in total. The average molecular weight is 282 g/mol. The first-order valence-corrected chi connectivity index (χ1v) is 6.64. The Balaban J connectivity index is 2.04. The molecular weight excluding hydrogens is 268 g/mol. The van der Waals surface area contributed by atoms with E-state index in [4.69, 9.17) is 0 Å². The first kappa shape index (κ1) is 13.2. The number of fused-ring (bicyclic) bond motifs is 1. The Bertz CT molecular complexity index is 752. The van der Waals surface area contributed by atoms with Crippen LogP contribution in [0.15, 0.2) is 60.8 Å². The predicted octanol–water partition coefficient (Wildman–Crippen LogP) is 3.51. The third kappa shape index (κ3) is 2.72. The second kappa shape index (κ2) is 5.66. The Morgan fingerprint density at radius 2 is 1.81 bits per heavy atom. The van der Waals surface area contributed by atoms with Crippen LogP contribution in [-0.4, -0.2) is 16.7 Å². The van der Waals surface area contributed by atoms with Crippen molar-refractivity contribution in [2.75, 3.05) is 6.61 Å². The molecule has 106 valence electrons. The van der Waals surface area contributed by atoms with E-state index < -0.39 is 5.09 Å². The topological polar surface area (TPSA) is 68.2 Å². The molecule has 0 fully saturated rings. The van der Waals surface area contributed by atoms with Crippen molar-refractivity contribution in [3.63, 3.8) is 0 Å². The van der Waals surface area contributed by atoms with E-state index >= 15 is 0 Å². The fourth-order valence-corrected chi connectivity index (χ4v) is 2.57. The summed E-state index contributed by atoms with van der Waals surface area (Å²) < 4.78 is 0. The highest BCUT2D eigenvalue weighted by atomic mass is 16.9. The van der Waals surface area contributed by atoms with Gasteiger partial charge in [0.25, 0.3) is 5.09 Å². The predicted molar refractivity (Wildman–Crippen MR) is 79.5 cm³/mol. The van der Waals surface area contributed by atoms with Crippen molar-refractivity contribution < 1.29 is 9.92 Å². The monoisotopic (exact) mass is 282 g/mol. The van der Waals surface area contributed by atoms with Gasteiger partial charge in [-0.15, -0.1) is 10.1 Å². The van der Waals surface area contributed by atoms with E-state index in [2.05, 4.69) is 9.82 Å². The van der Waals surface area contributed by atoms with E-state index in [0.717, 1.165) is 22.0 Å². The highest BCUT2D eigenvalue weighted by Crippen LogP contribution is 2.31. The highest BCUT2D eigenvalue weighted by Gasteiger charge is 2.19. The van der Waals surface area contributed by atoms with Crippen LogP contribution >= 0.6 is 0 Å². The van der Waals surface area contributed by atoms with Crippen LogP contribution in [0, 0.1) is 10.1 Å². The second-order valence-electron chi connectivity index (χ2n) is 4.77. The largest absolute Gasteiger partial charge is 0.361 e. The zero-order chi connectivity index (χ0) is 14.7. The molecule has 5 heteroatoms. The van der Waals surface area contributed by atoms with E-state index in [1.807, 2.05) is 60.8 Å². The smallest absolute Gasteiger partial charge is 0.294 e. The minimum atomic E-state index is -0.745. The average Bonchev–Trinajstić information content (AvgIpc) is 2.93. The van der Waals surface area contributed by atoms with Crippen molar-refractivity contribution in [3.05, 3.63) is 82.0 Å². The minimum Gasteiger partial charge on any atom is -0.361 e. The number of nitrogens with zero attached hydrogens (tertiary/aromatic N) is 1. The summed E-state index contributed by atoms with van der Waals surface area (Å²) in [5, 5.41) is 10.9. The van der Waals surface area contributed by atoms with Crippen LogP contribution in [0.5, 0.6) is 0 Å². The number of aromatic amines is 1. The summed E-state index contributed by atoms with van der Waals surface area (Å²) in [6.07, 6.45) is 1.89. The third-order valence-corrected chi connectivity index (χ3v) is 3.55. The quantitative estimate of drug-likeness (QED) is 0.575. The summed E-state index contributed by atoms with van der Waals surface area (Å²) in [7, 11) is 0. The maximum Gasteiger partial charge on any atom is 0.294 e. The van der Waals surface area contributed by atoms with Crippen molar-refractivity contribution >= 4 is 10.9 Å². The summed E-state index contributed by atoms with van der Waals surface area (Å²) in [6.45, 7) is -0.00113. The summed E-state index contributed by atoms with van der Waals surface area (Å²) in [5.41, 5.74) is 3.00. The molecule has 0 aliphatic heterocycles. The van der Waals surface area contributed by atoms with Gasteiger partial charge in [0.05, 0.1) is 0 Å². The van der Waals surface area contributed by atoms with Gasteiger partial charge in [-0.25, -0.2) is 0 Å². The number of rotatable bonds is 5. The van der Waals surface area contributed by atoms with Crippen molar-refractivity contribution in [2.24, 2.45) is 0 Å². The van der Waals surface area contributed by atoms with Crippen LogP contribution in [0.25, 0.3) is 10.9 Å². The molecule has 0 radical (unpaired) electrons. The zero-order valence-corrected chi connectivity index (χ0v) is 11.2. The van der Waals surface area contributed by atoms with E-state index in [1.165, 1.54) is 0 Å². The minimum absolute atomic E-state index is 0.00113. The molecule has 1 aromatic heterocycles. The summed E-state index contributed by atoms with van der Waals surface area (Å²) in [5.74, 6) is -0.187. The normalized spacial score (nSPS) is 12.2. The summed E-state index contributed by atoms with van der Waals surface area (Å²) in [6, 6.07) is 17.6. The van der Waals surface area contributed by atoms with Crippen LogP contribution in [-0.2, 0) is 4.84 Å². The summed E-state index contributed by atoms with van der Waals surface area (Å²) in [4.78, 5) is 18.4. The highest BCUT2D eigenvalue weighted by molar-refractivity contribution is 5.84. The van der Waals surface area contributed by atoms with Crippen LogP contribution < -0.4 is 0 Å². The molecule has 3 rings (SSSR count). The number of nitrogens with one attached hydrogen (secondary N) is 1. The second-order valence-corrected chi connectivity index (χ2v) is 4.77. The van der Waals surface area contributed by atoms with E-state index in [-0.39, 0.29) is 12.5 Å². The van der Waals surface area contributed by atoms with Gasteiger partial charge >= 0.3 is 0 Å². The van der Waals surface area contributed by atoms with Gasteiger partial charge in [-0.2, -0.15) is 0 Å². The lowest BCUT2D eigenvalue weighted by Gasteiger charge is -2.15. The van der Waals surface area contributed by atoms with Crippen LogP contribution in [0.2, 0.25) is 0 Å². The van der Waals surface area contributed by atoms with Gasteiger partial charge in [-0.05, 0) is 17.2 Å². The number of para-hydroxylation sites is 1. The van der Waals surface area contributed by atoms with E-state index in [0.29, 0.717) is 0 Å². The molecule has 1 unspecified atom stereocenters. The number of hydrogen-bond acceptors (Lipinski definition) is 3. The van der Waals surface area contributed by atoms with Crippen molar-refractivity contribution in [1.82, 2.24) is 4.98 Å². The molecule has 21 heavy (non-hydrogen) atoms. The molecule has 2 aromatic carbocycles. The van der Waals surface area contributed by atoms with Gasteiger partial charge in [0.2, 0.25) is 0 Å². The molecule has 1 atom stereocenters. The molecule has 1 N–H and O–H groups in total. The van der Waals surface area contributed by atoms with Gasteiger partial charge in [0.15, 0.2) is 0 Å². The number of hydrogen-bond donors (Lipinski definition) is 1. The lowest BCUT2D eigenvalue weighted by atomic mass is 9.92. The van der Waals surface area contributed by atoms with E-state index in [9.17, 15) is 10.1 Å². The lowest BCUT2D eigenvalue weighted by molar-refractivity contribution is -0.758. The van der Waals surface area contributed by atoms with Gasteiger partial charge in [-0.3, -0.25) is 0 Å². The molecule has 0 aliphatic carbocycles. The molecule has 0 bridgehead atoms. The number of H-pyrrole nitrogens is 1. The van der Waals surface area contributed by atoms with Gasteiger partial charge in [0, 0.05) is 23.0 Å². The summed E-state index contributed by atoms with van der Waals surface area (Å²) >= 11 is 0. The zero-order valence-electron chi connectivity index (χ0n) is 11.2. The third-order valence-electron chi connectivity index (χ3n) is 3.55. The SMILES string of the molecule is O=[N+]([O-])OCC(c1ccccc1)c1c[nH]c2ccccc12. The lowest BCUT2D eigenvalue weighted by Crippen LogP contribution is -2.12. The maximum absolute atomic E-state index is 10.5. The molecule has 0 saturated heterocycles. The van der Waals surface area contributed by atoms with E-state index in [1.54, 1.807) is 0 Å². The first-order valence-electron chi connectivity index (χ1n) is 6.64. The van der Waals surface area contributed by atoms with Crippen molar-refractivity contribution in [1.29, 1.82) is 0 Å². The Kier molecular flexibility index (Phi) is 3.55. The molecule has 3 aromatic rings. The Hall–Kier alpha value is -2.82. The molecule has 0 spiro atoms. The fourth-order valence-electron chi connectivity index (χ4n) is 2.57.